The third-order valence-electron chi connectivity index (χ3n) is 4.45. The highest BCUT2D eigenvalue weighted by Gasteiger charge is 2.26. The van der Waals surface area contributed by atoms with Gasteiger partial charge in [0.2, 0.25) is 0 Å². The monoisotopic (exact) mass is 388 g/mol. The lowest BCUT2D eigenvalue weighted by Gasteiger charge is -2.25. The molecule has 0 saturated heterocycles. The molecule has 0 saturated carbocycles. The molecule has 5 N–H and O–H groups in total. The molecule has 2 rings (SSSR count). The van der Waals surface area contributed by atoms with Gasteiger partial charge in [-0.3, -0.25) is 0 Å². The molecule has 1 unspecified atom stereocenters. The first-order valence-corrected chi connectivity index (χ1v) is 8.75. The topological polar surface area (TPSA) is 127 Å². The lowest BCUT2D eigenvalue weighted by molar-refractivity contribution is -0.131. The third kappa shape index (κ3) is 5.09. The van der Waals surface area contributed by atoms with Crippen LogP contribution in [0.1, 0.15) is 31.7 Å². The van der Waals surface area contributed by atoms with Crippen LogP contribution in [0.3, 0.4) is 0 Å². The van der Waals surface area contributed by atoms with Crippen molar-refractivity contribution in [2.75, 3.05) is 7.11 Å². The van der Waals surface area contributed by atoms with E-state index in [2.05, 4.69) is 0 Å². The molecule has 1 atom stereocenters. The molecule has 7 nitrogen and oxygen atoms in total. The SMILES string of the molecule is COC(=C\C(C)=C\C1CCCC(O)=C1c1cc(O)c(O)cc1O)/C=C/C(=O)O. The number of aromatic hydroxyl groups is 3. The number of aliphatic hydroxyl groups is 1. The van der Waals surface area contributed by atoms with Gasteiger partial charge in [-0.15, -0.1) is 0 Å². The van der Waals surface area contributed by atoms with E-state index in [1.54, 1.807) is 6.08 Å². The number of allylic oxidation sites excluding steroid dienone is 6. The Morgan fingerprint density at radius 1 is 1.11 bits per heavy atom. The van der Waals surface area contributed by atoms with E-state index in [1.807, 2.05) is 13.0 Å². The number of hydrogen-bond donors (Lipinski definition) is 5. The first-order valence-electron chi connectivity index (χ1n) is 8.75. The van der Waals surface area contributed by atoms with Gasteiger partial charge in [0, 0.05) is 35.6 Å². The molecule has 1 aromatic carbocycles. The Morgan fingerprint density at radius 2 is 1.79 bits per heavy atom. The Labute approximate surface area is 162 Å². The van der Waals surface area contributed by atoms with Gasteiger partial charge in [0.1, 0.15) is 11.5 Å². The molecule has 0 fully saturated rings. The van der Waals surface area contributed by atoms with Crippen LogP contribution < -0.4 is 0 Å². The molecule has 150 valence electrons. The fourth-order valence-corrected chi connectivity index (χ4v) is 3.20. The molecule has 1 aromatic rings. The number of methoxy groups -OCH3 is 1. The predicted octanol–water partition coefficient (Wildman–Crippen LogP) is 3.99. The molecule has 0 bridgehead atoms. The summed E-state index contributed by atoms with van der Waals surface area (Å²) in [6.45, 7) is 1.81. The summed E-state index contributed by atoms with van der Waals surface area (Å²) >= 11 is 0. The fraction of sp³-hybridized carbons (Fsp3) is 0.286. The average Bonchev–Trinajstić information content (AvgIpc) is 2.62. The number of phenolic OH excluding ortho intramolecular Hbond substituents is 3. The zero-order valence-electron chi connectivity index (χ0n) is 15.7. The van der Waals surface area contributed by atoms with Crippen molar-refractivity contribution in [2.24, 2.45) is 5.92 Å². The van der Waals surface area contributed by atoms with Gasteiger partial charge in [0.15, 0.2) is 11.5 Å². The van der Waals surface area contributed by atoms with Crippen molar-refractivity contribution in [1.29, 1.82) is 0 Å². The maximum Gasteiger partial charge on any atom is 0.328 e. The van der Waals surface area contributed by atoms with Gasteiger partial charge in [-0.2, -0.15) is 0 Å². The van der Waals surface area contributed by atoms with Crippen molar-refractivity contribution in [1.82, 2.24) is 0 Å². The van der Waals surface area contributed by atoms with Crippen LogP contribution in [-0.2, 0) is 9.53 Å². The molecular formula is C21H24O7. The maximum atomic E-state index is 10.7. The zero-order valence-corrected chi connectivity index (χ0v) is 15.7. The summed E-state index contributed by atoms with van der Waals surface area (Å²) in [4.78, 5) is 10.7. The van der Waals surface area contributed by atoms with Crippen LogP contribution in [0.15, 0.2) is 53.5 Å². The summed E-state index contributed by atoms with van der Waals surface area (Å²) in [6, 6.07) is 2.26. The number of hydrogen-bond acceptors (Lipinski definition) is 6. The number of benzene rings is 1. The molecule has 1 aliphatic rings. The number of aliphatic carboxylic acids is 1. The molecule has 0 aliphatic heterocycles. The summed E-state index contributed by atoms with van der Waals surface area (Å²) in [7, 11) is 1.43. The quantitative estimate of drug-likeness (QED) is 0.164. The minimum Gasteiger partial charge on any atom is -0.512 e. The van der Waals surface area contributed by atoms with Gasteiger partial charge < -0.3 is 30.3 Å². The van der Waals surface area contributed by atoms with Crippen LogP contribution in [0.5, 0.6) is 17.2 Å². The van der Waals surface area contributed by atoms with Gasteiger partial charge in [-0.05, 0) is 38.0 Å². The summed E-state index contributed by atoms with van der Waals surface area (Å²) in [5.74, 6) is -1.95. The Balaban J connectivity index is 2.43. The number of aliphatic hydroxyl groups excluding tert-OH is 1. The van der Waals surface area contributed by atoms with E-state index in [0.29, 0.717) is 24.2 Å². The van der Waals surface area contributed by atoms with Crippen molar-refractivity contribution in [3.63, 3.8) is 0 Å². The molecule has 7 heteroatoms. The fourth-order valence-electron chi connectivity index (χ4n) is 3.20. The minimum absolute atomic E-state index is 0.113. The highest BCUT2D eigenvalue weighted by molar-refractivity contribution is 5.80. The second-order valence-corrected chi connectivity index (χ2v) is 6.55. The highest BCUT2D eigenvalue weighted by Crippen LogP contribution is 2.44. The van der Waals surface area contributed by atoms with E-state index < -0.39 is 17.5 Å². The Hall–Kier alpha value is -3.35. The number of ether oxygens (including phenoxy) is 1. The Bertz CT molecular complexity index is 875. The zero-order chi connectivity index (χ0) is 20.8. The third-order valence-corrected chi connectivity index (χ3v) is 4.45. The van der Waals surface area contributed by atoms with Crippen LogP contribution in [-0.4, -0.2) is 38.6 Å². The lowest BCUT2D eigenvalue weighted by Crippen LogP contribution is -2.10. The molecule has 0 heterocycles. The van der Waals surface area contributed by atoms with E-state index in [0.717, 1.165) is 24.1 Å². The number of phenols is 3. The molecular weight excluding hydrogens is 364 g/mol. The number of carboxylic acid groups (broad SMARTS) is 1. The number of rotatable bonds is 6. The summed E-state index contributed by atoms with van der Waals surface area (Å²) in [5, 5.41) is 48.7. The largest absolute Gasteiger partial charge is 0.512 e. The van der Waals surface area contributed by atoms with Gasteiger partial charge in [0.25, 0.3) is 0 Å². The van der Waals surface area contributed by atoms with Crippen LogP contribution in [0.25, 0.3) is 5.57 Å². The second kappa shape index (κ2) is 9.03. The summed E-state index contributed by atoms with van der Waals surface area (Å²) in [5.41, 5.74) is 1.50. The average molecular weight is 388 g/mol. The molecule has 0 amide bonds. The molecule has 0 aromatic heterocycles. The number of carboxylic acids is 1. The van der Waals surface area contributed by atoms with Gasteiger partial charge in [0.05, 0.1) is 12.9 Å². The lowest BCUT2D eigenvalue weighted by atomic mass is 9.81. The molecule has 28 heavy (non-hydrogen) atoms. The summed E-state index contributed by atoms with van der Waals surface area (Å²) in [6.07, 6.45) is 7.74. The van der Waals surface area contributed by atoms with Crippen molar-refractivity contribution < 1.29 is 35.1 Å². The van der Waals surface area contributed by atoms with Crippen LogP contribution in [0.2, 0.25) is 0 Å². The maximum absolute atomic E-state index is 10.7. The minimum atomic E-state index is -1.09. The standard InChI is InChI=1S/C21H24O7/c1-12(9-14(28-2)6-7-20(26)27)8-13-4-3-5-16(22)21(13)15-10-18(24)19(25)11-17(15)23/h6-11,13,22-25H,3-5H2,1-2H3,(H,26,27)/b7-6+,12-8+,14-9-. The number of carbonyl (C=O) groups is 1. The Morgan fingerprint density at radius 3 is 2.43 bits per heavy atom. The normalized spacial score (nSPS) is 18.6. The van der Waals surface area contributed by atoms with Crippen LogP contribution in [0.4, 0.5) is 0 Å². The smallest absolute Gasteiger partial charge is 0.328 e. The predicted molar refractivity (Wildman–Crippen MR) is 104 cm³/mol. The van der Waals surface area contributed by atoms with E-state index >= 15 is 0 Å². The van der Waals surface area contributed by atoms with Gasteiger partial charge >= 0.3 is 5.97 Å². The van der Waals surface area contributed by atoms with Gasteiger partial charge in [-0.1, -0.05) is 11.6 Å². The highest BCUT2D eigenvalue weighted by atomic mass is 16.5. The van der Waals surface area contributed by atoms with E-state index in [4.69, 9.17) is 9.84 Å². The van der Waals surface area contributed by atoms with Crippen LogP contribution >= 0.6 is 0 Å². The van der Waals surface area contributed by atoms with Crippen molar-refractivity contribution in [2.45, 2.75) is 26.2 Å². The Kier molecular flexibility index (Phi) is 6.76. The van der Waals surface area contributed by atoms with Gasteiger partial charge in [-0.25, -0.2) is 4.79 Å². The molecule has 0 radical (unpaired) electrons. The second-order valence-electron chi connectivity index (χ2n) is 6.55. The van der Waals surface area contributed by atoms with E-state index in [9.17, 15) is 25.2 Å². The first-order chi connectivity index (χ1) is 13.2. The van der Waals surface area contributed by atoms with E-state index in [1.165, 1.54) is 19.3 Å². The van der Waals surface area contributed by atoms with Crippen molar-refractivity contribution in [3.05, 3.63) is 59.1 Å². The molecule has 1 aliphatic carbocycles. The molecule has 0 spiro atoms. The van der Waals surface area contributed by atoms with Crippen molar-refractivity contribution in [3.8, 4) is 17.2 Å². The summed E-state index contributed by atoms with van der Waals surface area (Å²) < 4.78 is 5.15. The van der Waals surface area contributed by atoms with E-state index in [-0.39, 0.29) is 23.0 Å². The van der Waals surface area contributed by atoms with Crippen molar-refractivity contribution >= 4 is 11.5 Å². The van der Waals surface area contributed by atoms with Crippen LogP contribution in [0, 0.1) is 5.92 Å². The first kappa shape index (κ1) is 21.0.